The van der Waals surface area contributed by atoms with E-state index in [0.29, 0.717) is 0 Å². The first-order chi connectivity index (χ1) is 14.0. The van der Waals surface area contributed by atoms with Crippen LogP contribution in [-0.2, 0) is 18.3 Å². The third kappa shape index (κ3) is 4.50. The van der Waals surface area contributed by atoms with E-state index in [0.717, 1.165) is 44.8 Å². The topological polar surface area (TPSA) is 79.8 Å². The fraction of sp³-hybridized carbons (Fsp3) is 0.368. The molecule has 0 bridgehead atoms. The first kappa shape index (κ1) is 20.4. The van der Waals surface area contributed by atoms with Crippen LogP contribution >= 0.6 is 45.3 Å². The zero-order valence-corrected chi connectivity index (χ0v) is 19.8. The van der Waals surface area contributed by atoms with Crippen LogP contribution < -0.4 is 0 Å². The molecule has 0 fully saturated rings. The molecule has 4 rings (SSSR count). The molecule has 0 saturated heterocycles. The van der Waals surface area contributed by atoms with Gasteiger partial charge in [-0.25, -0.2) is 0 Å². The van der Waals surface area contributed by atoms with Crippen molar-refractivity contribution in [3.8, 4) is 0 Å². The van der Waals surface area contributed by atoms with Crippen molar-refractivity contribution in [1.29, 1.82) is 0 Å². The maximum atomic E-state index is 4.74. The fourth-order valence-electron chi connectivity index (χ4n) is 2.52. The van der Waals surface area contributed by atoms with Crippen molar-refractivity contribution < 1.29 is 0 Å². The zero-order valence-electron chi connectivity index (χ0n) is 16.5. The van der Waals surface area contributed by atoms with Gasteiger partial charge in [0.2, 0.25) is 0 Å². The van der Waals surface area contributed by atoms with Crippen LogP contribution in [0.1, 0.15) is 48.8 Å². The normalized spacial score (nSPS) is 11.7. The minimum atomic E-state index is -0.330. The van der Waals surface area contributed by atoms with Crippen LogP contribution in [0.2, 0.25) is 0 Å². The van der Waals surface area contributed by atoms with E-state index in [9.17, 15) is 0 Å². The van der Waals surface area contributed by atoms with E-state index in [2.05, 4.69) is 59.1 Å². The van der Waals surface area contributed by atoms with Gasteiger partial charge in [-0.15, -0.1) is 45.3 Å². The van der Waals surface area contributed by atoms with E-state index in [1.54, 1.807) is 22.7 Å². The summed E-state index contributed by atoms with van der Waals surface area (Å²) in [6, 6.07) is 0. The minimum absolute atomic E-state index is 0.330. The largest absolute Gasteiger partial charge is 0.359 e. The van der Waals surface area contributed by atoms with Gasteiger partial charge in [-0.05, 0) is 47.4 Å². The minimum Gasteiger partial charge on any atom is -0.359 e. The van der Waals surface area contributed by atoms with Gasteiger partial charge < -0.3 is 30.6 Å². The zero-order chi connectivity index (χ0) is 20.4. The maximum absolute atomic E-state index is 4.74. The molecule has 0 unspecified atom stereocenters. The standard InChI is InChI=1S/C19H20N6S4/c1-5-11-7-20-15(28-11)24-17-22-13(9-26-17)19(3,4)14-10-27-18(23-14)25-16-21-8-12(6-2)29-16/h7-10H,5-6H2,1-4H3/q-2. The molecule has 10 heteroatoms. The molecular formula is C19H20N6S4-2. The van der Waals surface area contributed by atoms with Gasteiger partial charge in [0.05, 0.1) is 20.5 Å². The number of aryl methyl sites for hydroxylation is 2. The van der Waals surface area contributed by atoms with Gasteiger partial charge in [-0.1, -0.05) is 27.7 Å². The predicted octanol–water partition coefficient (Wildman–Crippen LogP) is 7.64. The third-order valence-electron chi connectivity index (χ3n) is 4.43. The second kappa shape index (κ2) is 8.47. The van der Waals surface area contributed by atoms with Crippen LogP contribution in [0.3, 0.4) is 0 Å². The molecule has 4 aromatic heterocycles. The van der Waals surface area contributed by atoms with Gasteiger partial charge >= 0.3 is 0 Å². The summed E-state index contributed by atoms with van der Waals surface area (Å²) in [5, 5.41) is 16.2. The SMILES string of the molecule is CCc1cnc([N-]c2nc(C(C)(C)c3csc([N-]c4ncc(CC)s4)n3)cs2)s1. The van der Waals surface area contributed by atoms with Gasteiger partial charge in [-0.3, -0.25) is 0 Å². The van der Waals surface area contributed by atoms with E-state index in [1.165, 1.54) is 32.4 Å². The molecule has 4 heterocycles. The summed E-state index contributed by atoms with van der Waals surface area (Å²) in [4.78, 5) is 20.6. The summed E-state index contributed by atoms with van der Waals surface area (Å²) in [6.45, 7) is 8.49. The Labute approximate surface area is 186 Å². The summed E-state index contributed by atoms with van der Waals surface area (Å²) in [5.41, 5.74) is 1.57. The number of thiazole rings is 4. The first-order valence-electron chi connectivity index (χ1n) is 9.22. The highest BCUT2D eigenvalue weighted by molar-refractivity contribution is 7.18. The lowest BCUT2D eigenvalue weighted by Crippen LogP contribution is -2.19. The molecule has 0 aliphatic heterocycles. The monoisotopic (exact) mass is 460 g/mol. The second-order valence-electron chi connectivity index (χ2n) is 6.80. The van der Waals surface area contributed by atoms with E-state index >= 15 is 0 Å². The Hall–Kier alpha value is -1.88. The van der Waals surface area contributed by atoms with Gasteiger partial charge in [0.1, 0.15) is 0 Å². The predicted molar refractivity (Wildman–Crippen MR) is 125 cm³/mol. The molecule has 0 saturated carbocycles. The van der Waals surface area contributed by atoms with Crippen LogP contribution in [0.15, 0.2) is 23.2 Å². The Balaban J connectivity index is 1.48. The Morgan fingerprint density at radius 1 is 0.759 bits per heavy atom. The quantitative estimate of drug-likeness (QED) is 0.270. The number of aromatic nitrogens is 4. The van der Waals surface area contributed by atoms with Crippen LogP contribution in [0.5, 0.6) is 0 Å². The first-order valence-corrected chi connectivity index (χ1v) is 12.6. The van der Waals surface area contributed by atoms with Crippen molar-refractivity contribution in [2.24, 2.45) is 0 Å². The highest BCUT2D eigenvalue weighted by Crippen LogP contribution is 2.42. The fourth-order valence-corrected chi connectivity index (χ4v) is 5.79. The third-order valence-corrected chi connectivity index (χ3v) is 7.97. The summed E-state index contributed by atoms with van der Waals surface area (Å²) in [6.07, 6.45) is 5.71. The van der Waals surface area contributed by atoms with E-state index in [4.69, 9.17) is 9.97 Å². The molecule has 152 valence electrons. The molecule has 0 radical (unpaired) electrons. The van der Waals surface area contributed by atoms with Crippen LogP contribution in [0.25, 0.3) is 10.6 Å². The Kier molecular flexibility index (Phi) is 5.95. The summed E-state index contributed by atoms with van der Waals surface area (Å²) < 4.78 is 0. The molecule has 0 aliphatic carbocycles. The maximum Gasteiger partial charge on any atom is 0.0666 e. The number of rotatable bonds is 8. The van der Waals surface area contributed by atoms with Gasteiger partial charge in [0, 0.05) is 15.2 Å². The second-order valence-corrected chi connectivity index (χ2v) is 10.7. The Bertz CT molecular complexity index is 1010. The highest BCUT2D eigenvalue weighted by Gasteiger charge is 2.24. The summed E-state index contributed by atoms with van der Waals surface area (Å²) in [5.74, 6) is 0. The van der Waals surface area contributed by atoms with Crippen molar-refractivity contribution in [1.82, 2.24) is 19.9 Å². The number of nitrogens with zero attached hydrogens (tertiary/aromatic N) is 6. The van der Waals surface area contributed by atoms with Gasteiger partial charge in [0.25, 0.3) is 0 Å². The molecule has 0 spiro atoms. The van der Waals surface area contributed by atoms with Crippen molar-refractivity contribution in [3.05, 3.63) is 54.9 Å². The molecule has 0 N–H and O–H groups in total. The molecule has 29 heavy (non-hydrogen) atoms. The van der Waals surface area contributed by atoms with E-state index < -0.39 is 0 Å². The van der Waals surface area contributed by atoms with Crippen LogP contribution in [0, 0.1) is 0 Å². The smallest absolute Gasteiger partial charge is 0.0666 e. The highest BCUT2D eigenvalue weighted by atomic mass is 32.1. The average Bonchev–Trinajstić information content (AvgIpc) is 3.50. The molecule has 6 nitrogen and oxygen atoms in total. The van der Waals surface area contributed by atoms with Crippen LogP contribution in [0.4, 0.5) is 20.5 Å². The Morgan fingerprint density at radius 2 is 1.21 bits per heavy atom. The Morgan fingerprint density at radius 3 is 1.59 bits per heavy atom. The number of hydrogen-bond donors (Lipinski definition) is 0. The van der Waals surface area contributed by atoms with Crippen LogP contribution in [-0.4, -0.2) is 19.9 Å². The molecule has 0 aromatic carbocycles. The lowest BCUT2D eigenvalue weighted by molar-refractivity contribution is 0.605. The van der Waals surface area contributed by atoms with Crippen molar-refractivity contribution in [3.63, 3.8) is 0 Å². The van der Waals surface area contributed by atoms with Crippen molar-refractivity contribution >= 4 is 65.9 Å². The van der Waals surface area contributed by atoms with Gasteiger partial charge in [-0.2, -0.15) is 0 Å². The molecule has 0 atom stereocenters. The summed E-state index contributed by atoms with van der Waals surface area (Å²) in [7, 11) is 0. The molecule has 0 aliphatic rings. The van der Waals surface area contributed by atoms with E-state index in [1.807, 2.05) is 12.4 Å². The molecule has 0 amide bonds. The van der Waals surface area contributed by atoms with Crippen molar-refractivity contribution in [2.45, 2.75) is 46.0 Å². The lowest BCUT2D eigenvalue weighted by Gasteiger charge is -2.24. The lowest BCUT2D eigenvalue weighted by atomic mass is 9.87. The molecule has 4 aromatic rings. The molecular weight excluding hydrogens is 441 g/mol. The van der Waals surface area contributed by atoms with E-state index in [-0.39, 0.29) is 5.41 Å². The van der Waals surface area contributed by atoms with Gasteiger partial charge in [0.15, 0.2) is 0 Å². The summed E-state index contributed by atoms with van der Waals surface area (Å²) >= 11 is 6.28. The average molecular weight is 461 g/mol. The number of hydrogen-bond acceptors (Lipinski definition) is 8. The van der Waals surface area contributed by atoms with Crippen molar-refractivity contribution in [2.75, 3.05) is 0 Å².